The van der Waals surface area contributed by atoms with Crippen molar-refractivity contribution in [2.75, 3.05) is 25.4 Å². The largest absolute Gasteiger partial charge is 0.396 e. The van der Waals surface area contributed by atoms with Gasteiger partial charge in [-0.1, -0.05) is 6.92 Å². The molecular formula is C12H24N2O4S. The van der Waals surface area contributed by atoms with Crippen molar-refractivity contribution < 1.29 is 18.3 Å². The molecule has 1 heterocycles. The molecule has 2 atom stereocenters. The van der Waals surface area contributed by atoms with Crippen molar-refractivity contribution in [3.8, 4) is 0 Å². The average molecular weight is 292 g/mol. The third-order valence-corrected chi connectivity index (χ3v) is 4.99. The molecule has 0 aromatic heterocycles. The second-order valence-corrected chi connectivity index (χ2v) is 6.98. The second-order valence-electron chi connectivity index (χ2n) is 5.11. The Morgan fingerprint density at radius 1 is 1.53 bits per heavy atom. The third kappa shape index (κ3) is 5.08. The summed E-state index contributed by atoms with van der Waals surface area (Å²) in [6.07, 6.45) is 2.10. The SMILES string of the molecule is CCCS(=O)(=O)NC(C)C(=O)N1CCC(CCO)C1. The van der Waals surface area contributed by atoms with Crippen LogP contribution in [0.3, 0.4) is 0 Å². The minimum Gasteiger partial charge on any atom is -0.396 e. The quantitative estimate of drug-likeness (QED) is 0.688. The van der Waals surface area contributed by atoms with Gasteiger partial charge in [0.1, 0.15) is 0 Å². The van der Waals surface area contributed by atoms with Gasteiger partial charge in [0.25, 0.3) is 0 Å². The van der Waals surface area contributed by atoms with Crippen LogP contribution in [-0.4, -0.2) is 55.8 Å². The fourth-order valence-electron chi connectivity index (χ4n) is 2.37. The summed E-state index contributed by atoms with van der Waals surface area (Å²) >= 11 is 0. The number of nitrogens with one attached hydrogen (secondary N) is 1. The fourth-order valence-corrected chi connectivity index (χ4v) is 3.67. The van der Waals surface area contributed by atoms with Crippen molar-refractivity contribution in [1.29, 1.82) is 0 Å². The van der Waals surface area contributed by atoms with Crippen LogP contribution >= 0.6 is 0 Å². The van der Waals surface area contributed by atoms with Gasteiger partial charge in [-0.2, -0.15) is 0 Å². The average Bonchev–Trinajstić information content (AvgIpc) is 2.76. The standard InChI is InChI=1S/C12H24N2O4S/c1-3-8-19(17,18)13-10(2)12(16)14-6-4-11(9-14)5-7-15/h10-11,13,15H,3-9H2,1-2H3. The fraction of sp³-hybridized carbons (Fsp3) is 0.917. The Labute approximate surface area is 115 Å². The molecule has 0 bridgehead atoms. The van der Waals surface area contributed by atoms with E-state index in [-0.39, 0.29) is 18.3 Å². The molecule has 0 saturated carbocycles. The van der Waals surface area contributed by atoms with Crippen LogP contribution in [-0.2, 0) is 14.8 Å². The Morgan fingerprint density at radius 3 is 2.79 bits per heavy atom. The summed E-state index contributed by atoms with van der Waals surface area (Å²) in [7, 11) is -3.37. The molecule has 1 rings (SSSR count). The van der Waals surface area contributed by atoms with Crippen LogP contribution in [0.5, 0.6) is 0 Å². The molecule has 1 aliphatic heterocycles. The van der Waals surface area contributed by atoms with E-state index in [0.717, 1.165) is 6.42 Å². The number of amides is 1. The van der Waals surface area contributed by atoms with E-state index in [1.165, 1.54) is 0 Å². The maximum atomic E-state index is 12.1. The topological polar surface area (TPSA) is 86.7 Å². The molecule has 0 radical (unpaired) electrons. The Hall–Kier alpha value is -0.660. The van der Waals surface area contributed by atoms with E-state index in [0.29, 0.717) is 31.8 Å². The first kappa shape index (κ1) is 16.4. The molecule has 6 nitrogen and oxygen atoms in total. The van der Waals surface area contributed by atoms with E-state index in [1.54, 1.807) is 18.7 Å². The monoisotopic (exact) mass is 292 g/mol. The summed E-state index contributed by atoms with van der Waals surface area (Å²) in [6, 6.07) is -0.718. The van der Waals surface area contributed by atoms with Crippen molar-refractivity contribution in [1.82, 2.24) is 9.62 Å². The summed E-state index contributed by atoms with van der Waals surface area (Å²) in [5, 5.41) is 8.88. The molecule has 0 aromatic carbocycles. The molecule has 1 saturated heterocycles. The van der Waals surface area contributed by atoms with Crippen molar-refractivity contribution in [3.63, 3.8) is 0 Å². The summed E-state index contributed by atoms with van der Waals surface area (Å²) in [4.78, 5) is 13.8. The van der Waals surface area contributed by atoms with E-state index in [4.69, 9.17) is 5.11 Å². The number of aliphatic hydroxyl groups excluding tert-OH is 1. The van der Waals surface area contributed by atoms with Crippen molar-refractivity contribution >= 4 is 15.9 Å². The van der Waals surface area contributed by atoms with Crippen LogP contribution in [0.2, 0.25) is 0 Å². The van der Waals surface area contributed by atoms with Gasteiger partial charge < -0.3 is 10.0 Å². The van der Waals surface area contributed by atoms with Crippen molar-refractivity contribution in [2.24, 2.45) is 5.92 Å². The molecule has 7 heteroatoms. The first-order chi connectivity index (χ1) is 8.89. The number of carbonyl (C=O) groups is 1. The summed E-state index contributed by atoms with van der Waals surface area (Å²) < 4.78 is 25.6. The van der Waals surface area contributed by atoms with Crippen molar-refractivity contribution in [2.45, 2.75) is 39.2 Å². The first-order valence-electron chi connectivity index (χ1n) is 6.79. The second kappa shape index (κ2) is 7.21. The minimum atomic E-state index is -3.37. The zero-order valence-corrected chi connectivity index (χ0v) is 12.4. The molecule has 0 spiro atoms. The molecular weight excluding hydrogens is 268 g/mol. The van der Waals surface area contributed by atoms with Crippen molar-refractivity contribution in [3.05, 3.63) is 0 Å². The molecule has 1 amide bonds. The number of nitrogens with zero attached hydrogens (tertiary/aromatic N) is 1. The first-order valence-corrected chi connectivity index (χ1v) is 8.44. The van der Waals surface area contributed by atoms with E-state index in [1.807, 2.05) is 0 Å². The molecule has 19 heavy (non-hydrogen) atoms. The van der Waals surface area contributed by atoms with E-state index in [2.05, 4.69) is 4.72 Å². The molecule has 2 unspecified atom stereocenters. The summed E-state index contributed by atoms with van der Waals surface area (Å²) in [5.74, 6) is 0.186. The molecule has 1 fully saturated rings. The predicted octanol–water partition coefficient (Wildman–Crippen LogP) is -0.0648. The highest BCUT2D eigenvalue weighted by Gasteiger charge is 2.30. The van der Waals surface area contributed by atoms with Crippen LogP contribution in [0.25, 0.3) is 0 Å². The van der Waals surface area contributed by atoms with E-state index >= 15 is 0 Å². The van der Waals surface area contributed by atoms with Gasteiger partial charge in [-0.15, -0.1) is 0 Å². The molecule has 1 aliphatic rings. The van der Waals surface area contributed by atoms with Crippen LogP contribution in [0.15, 0.2) is 0 Å². The number of rotatable bonds is 7. The smallest absolute Gasteiger partial charge is 0.240 e. The number of sulfonamides is 1. The lowest BCUT2D eigenvalue weighted by molar-refractivity contribution is -0.131. The number of aliphatic hydroxyl groups is 1. The zero-order chi connectivity index (χ0) is 14.5. The Balaban J connectivity index is 2.50. The number of likely N-dealkylation sites (tertiary alicyclic amines) is 1. The number of hydrogen-bond acceptors (Lipinski definition) is 4. The predicted molar refractivity (Wildman–Crippen MR) is 73.1 cm³/mol. The van der Waals surface area contributed by atoms with Crippen LogP contribution in [0.1, 0.15) is 33.1 Å². The van der Waals surface area contributed by atoms with E-state index < -0.39 is 16.1 Å². The lowest BCUT2D eigenvalue weighted by Gasteiger charge is -2.21. The maximum Gasteiger partial charge on any atom is 0.240 e. The van der Waals surface area contributed by atoms with Gasteiger partial charge in [-0.05, 0) is 32.1 Å². The highest BCUT2D eigenvalue weighted by atomic mass is 32.2. The Bertz CT molecular complexity index is 397. The molecule has 112 valence electrons. The van der Waals surface area contributed by atoms with Gasteiger partial charge in [-0.25, -0.2) is 13.1 Å². The van der Waals surface area contributed by atoms with Gasteiger partial charge in [0.05, 0.1) is 11.8 Å². The highest BCUT2D eigenvalue weighted by Crippen LogP contribution is 2.19. The summed E-state index contributed by atoms with van der Waals surface area (Å²) in [5.41, 5.74) is 0. The number of carbonyl (C=O) groups excluding carboxylic acids is 1. The normalized spacial score (nSPS) is 21.6. The Kier molecular flexibility index (Phi) is 6.22. The summed E-state index contributed by atoms with van der Waals surface area (Å²) in [6.45, 7) is 4.74. The highest BCUT2D eigenvalue weighted by molar-refractivity contribution is 7.89. The molecule has 2 N–H and O–H groups in total. The van der Waals surface area contributed by atoms with Crippen LogP contribution in [0.4, 0.5) is 0 Å². The van der Waals surface area contributed by atoms with Crippen LogP contribution in [0, 0.1) is 5.92 Å². The van der Waals surface area contributed by atoms with Gasteiger partial charge >= 0.3 is 0 Å². The van der Waals surface area contributed by atoms with Gasteiger partial charge in [0.2, 0.25) is 15.9 Å². The van der Waals surface area contributed by atoms with E-state index in [9.17, 15) is 13.2 Å². The van der Waals surface area contributed by atoms with Gasteiger partial charge in [0.15, 0.2) is 0 Å². The lowest BCUT2D eigenvalue weighted by atomic mass is 10.1. The molecule has 0 aliphatic carbocycles. The maximum absolute atomic E-state index is 12.1. The number of hydrogen-bond donors (Lipinski definition) is 2. The van der Waals surface area contributed by atoms with Gasteiger partial charge in [-0.3, -0.25) is 4.79 Å². The Morgan fingerprint density at radius 2 is 2.21 bits per heavy atom. The third-order valence-electron chi connectivity index (χ3n) is 3.33. The van der Waals surface area contributed by atoms with Crippen LogP contribution < -0.4 is 4.72 Å². The zero-order valence-electron chi connectivity index (χ0n) is 11.6. The minimum absolute atomic E-state index is 0.0394. The molecule has 0 aromatic rings. The van der Waals surface area contributed by atoms with Gasteiger partial charge in [0, 0.05) is 19.7 Å². The lowest BCUT2D eigenvalue weighted by Crippen LogP contribution is -2.46.